The van der Waals surface area contributed by atoms with Crippen molar-refractivity contribution in [2.45, 2.75) is 90.9 Å². The zero-order valence-corrected chi connectivity index (χ0v) is 33.1. The molecule has 5 heterocycles. The Balaban J connectivity index is 1.19. The molecule has 3 aromatic rings. The molecular weight excluding hydrogens is 731 g/mol. The minimum Gasteiger partial charge on any atom is -0.346 e. The van der Waals surface area contributed by atoms with E-state index in [1.165, 1.54) is 99.3 Å². The van der Waals surface area contributed by atoms with Crippen LogP contribution < -0.4 is 0 Å². The van der Waals surface area contributed by atoms with E-state index in [2.05, 4.69) is 145 Å². The standard InChI is InChI=1S/C33H35NS10/c1-4-6-12-18-35-30-31(36-19-13-7-5-2)44-33(43-30)32-41-26-24(28-37-20-14-8-9-15-21(20)38-28)34(3)25(27(26)42-32)29-39-22-16-10-11-17-23(22)40-29/h8-11,14-17,28-29H,4-7,12-13,18-19H2,1-3H3. The normalized spacial score (nSPS) is 18.2. The molecule has 1 aromatic heterocycles. The van der Waals surface area contributed by atoms with Gasteiger partial charge in [0.05, 0.1) is 38.1 Å². The van der Waals surface area contributed by atoms with Crippen molar-refractivity contribution in [2.75, 3.05) is 11.5 Å². The monoisotopic (exact) mass is 765 g/mol. The van der Waals surface area contributed by atoms with Crippen molar-refractivity contribution in [3.63, 3.8) is 0 Å². The zero-order chi connectivity index (χ0) is 30.0. The number of aromatic nitrogens is 1. The highest BCUT2D eigenvalue weighted by Crippen LogP contribution is 2.70. The Morgan fingerprint density at radius 3 is 1.34 bits per heavy atom. The number of nitrogens with zero attached hydrogens (tertiary/aromatic N) is 1. The second kappa shape index (κ2) is 15.5. The van der Waals surface area contributed by atoms with Crippen LogP contribution in [-0.4, -0.2) is 16.1 Å². The first-order chi connectivity index (χ1) is 21.6. The number of hydrogen-bond donors (Lipinski definition) is 0. The van der Waals surface area contributed by atoms with Gasteiger partial charge in [-0.3, -0.25) is 0 Å². The van der Waals surface area contributed by atoms with Crippen molar-refractivity contribution in [3.05, 3.63) is 76.9 Å². The van der Waals surface area contributed by atoms with Crippen LogP contribution in [-0.2, 0) is 7.05 Å². The van der Waals surface area contributed by atoms with Gasteiger partial charge in [-0.15, -0.1) is 70.6 Å². The molecule has 4 aliphatic rings. The Labute approximate surface area is 305 Å². The summed E-state index contributed by atoms with van der Waals surface area (Å²) in [5, 5.41) is 0. The van der Waals surface area contributed by atoms with Crippen LogP contribution in [0.15, 0.2) is 94.9 Å². The summed E-state index contributed by atoms with van der Waals surface area (Å²) in [5.74, 6) is 2.48. The molecule has 0 unspecified atom stereocenters. The smallest absolute Gasteiger partial charge is 0.101 e. The number of thioether (sulfide) groups is 10. The topological polar surface area (TPSA) is 4.93 Å². The van der Waals surface area contributed by atoms with Gasteiger partial charge < -0.3 is 4.57 Å². The van der Waals surface area contributed by atoms with E-state index < -0.39 is 0 Å². The summed E-state index contributed by atoms with van der Waals surface area (Å²) in [6.07, 6.45) is 7.88. The van der Waals surface area contributed by atoms with Crippen LogP contribution in [0.5, 0.6) is 0 Å². The molecule has 0 fully saturated rings. The van der Waals surface area contributed by atoms with Crippen LogP contribution in [0, 0.1) is 0 Å². The summed E-state index contributed by atoms with van der Waals surface area (Å²) in [5.41, 5.74) is 2.99. The van der Waals surface area contributed by atoms with Crippen molar-refractivity contribution >= 4 is 118 Å². The number of fused-ring (bicyclic) bond motifs is 3. The highest BCUT2D eigenvalue weighted by atomic mass is 32.3. The van der Waals surface area contributed by atoms with Gasteiger partial charge in [0.15, 0.2) is 0 Å². The molecule has 11 heteroatoms. The van der Waals surface area contributed by atoms with Crippen molar-refractivity contribution in [1.29, 1.82) is 0 Å². The highest BCUT2D eigenvalue weighted by molar-refractivity contribution is 8.42. The van der Waals surface area contributed by atoms with Gasteiger partial charge in [0, 0.05) is 26.6 Å². The fourth-order valence-electron chi connectivity index (χ4n) is 5.27. The second-order valence-electron chi connectivity index (χ2n) is 10.7. The Morgan fingerprint density at radius 2 is 0.955 bits per heavy atom. The molecule has 0 aliphatic carbocycles. The third-order valence-electron chi connectivity index (χ3n) is 7.53. The molecule has 232 valence electrons. The maximum atomic E-state index is 2.58. The Hall–Kier alpha value is 0.700. The van der Waals surface area contributed by atoms with Crippen molar-refractivity contribution in [3.8, 4) is 0 Å². The second-order valence-corrected chi connectivity index (χ2v) is 23.2. The molecule has 0 N–H and O–H groups in total. The Kier molecular flexibility index (Phi) is 11.7. The zero-order valence-electron chi connectivity index (χ0n) is 25.0. The van der Waals surface area contributed by atoms with Gasteiger partial charge in [-0.25, -0.2) is 0 Å². The average Bonchev–Trinajstić information content (AvgIpc) is 3.85. The molecule has 0 atom stereocenters. The van der Waals surface area contributed by atoms with Crippen molar-refractivity contribution < 1.29 is 0 Å². The summed E-state index contributed by atoms with van der Waals surface area (Å²) < 4.78 is 9.47. The molecule has 0 amide bonds. The molecule has 1 nitrogen and oxygen atoms in total. The molecule has 2 aromatic carbocycles. The van der Waals surface area contributed by atoms with E-state index in [4.69, 9.17) is 0 Å². The average molecular weight is 766 g/mol. The summed E-state index contributed by atoms with van der Waals surface area (Å²) in [7, 11) is 2.34. The molecule has 4 aliphatic heterocycles. The first kappa shape index (κ1) is 33.2. The van der Waals surface area contributed by atoms with E-state index in [1.807, 2.05) is 47.0 Å². The minimum atomic E-state index is 0.382. The lowest BCUT2D eigenvalue weighted by molar-refractivity contribution is 0.779. The lowest BCUT2D eigenvalue weighted by Crippen LogP contribution is -2.04. The van der Waals surface area contributed by atoms with Crippen LogP contribution in [0.4, 0.5) is 0 Å². The number of rotatable bonds is 12. The molecule has 7 rings (SSSR count). The molecule has 0 spiro atoms. The van der Waals surface area contributed by atoms with Crippen LogP contribution >= 0.6 is 118 Å². The SMILES string of the molecule is CCCCCSC1=C(SCCCCC)SC(=C2Sc3c(c(C4Sc5ccccc5S4)n(C)c3C3Sc4ccccc4S3)S2)S1. The van der Waals surface area contributed by atoms with Gasteiger partial charge in [-0.2, -0.15) is 0 Å². The highest BCUT2D eigenvalue weighted by Gasteiger charge is 2.41. The number of benzene rings is 2. The summed E-state index contributed by atoms with van der Waals surface area (Å²) in [6.45, 7) is 4.61. The fourth-order valence-corrected chi connectivity index (χ4v) is 20.8. The molecule has 0 bridgehead atoms. The minimum absolute atomic E-state index is 0.382. The van der Waals surface area contributed by atoms with Crippen LogP contribution in [0.25, 0.3) is 0 Å². The van der Waals surface area contributed by atoms with E-state index in [-0.39, 0.29) is 0 Å². The Bertz CT molecular complexity index is 1430. The number of unbranched alkanes of at least 4 members (excludes halogenated alkanes) is 4. The first-order valence-electron chi connectivity index (χ1n) is 15.2. The third-order valence-corrected chi connectivity index (χ3v) is 22.0. The van der Waals surface area contributed by atoms with E-state index in [9.17, 15) is 0 Å². The summed E-state index contributed by atoms with van der Waals surface area (Å²) in [4.78, 5) is 8.70. The third kappa shape index (κ3) is 7.04. The maximum Gasteiger partial charge on any atom is 0.101 e. The lowest BCUT2D eigenvalue weighted by atomic mass is 10.3. The molecule has 0 saturated heterocycles. The van der Waals surface area contributed by atoms with Gasteiger partial charge in [0.1, 0.15) is 9.16 Å². The van der Waals surface area contributed by atoms with Gasteiger partial charge in [0.25, 0.3) is 0 Å². The fraction of sp³-hybridized carbons (Fsp3) is 0.394. The van der Waals surface area contributed by atoms with E-state index in [0.717, 1.165) is 0 Å². The van der Waals surface area contributed by atoms with Gasteiger partial charge in [-0.1, -0.05) is 111 Å². The van der Waals surface area contributed by atoms with Gasteiger partial charge >= 0.3 is 0 Å². The van der Waals surface area contributed by atoms with E-state index >= 15 is 0 Å². The number of hydrogen-bond acceptors (Lipinski definition) is 10. The molecule has 0 radical (unpaired) electrons. The predicted octanol–water partition coefficient (Wildman–Crippen LogP) is 14.6. The summed E-state index contributed by atoms with van der Waals surface area (Å²) >= 11 is 20.6. The predicted molar refractivity (Wildman–Crippen MR) is 212 cm³/mol. The van der Waals surface area contributed by atoms with Crippen LogP contribution in [0.2, 0.25) is 0 Å². The molecule has 44 heavy (non-hydrogen) atoms. The quantitative estimate of drug-likeness (QED) is 0.163. The molecular formula is C33H35NS10. The van der Waals surface area contributed by atoms with Crippen molar-refractivity contribution in [2.24, 2.45) is 7.05 Å². The van der Waals surface area contributed by atoms with Gasteiger partial charge in [0.2, 0.25) is 0 Å². The first-order valence-corrected chi connectivity index (χ1v) is 23.9. The van der Waals surface area contributed by atoms with Crippen LogP contribution in [0.1, 0.15) is 72.9 Å². The van der Waals surface area contributed by atoms with Crippen LogP contribution in [0.3, 0.4) is 0 Å². The lowest BCUT2D eigenvalue weighted by Gasteiger charge is -2.17. The van der Waals surface area contributed by atoms with Gasteiger partial charge in [-0.05, 0) is 48.6 Å². The maximum absolute atomic E-state index is 2.58. The molecule has 0 saturated carbocycles. The van der Waals surface area contributed by atoms with E-state index in [0.29, 0.717) is 9.16 Å². The van der Waals surface area contributed by atoms with Crippen molar-refractivity contribution in [1.82, 2.24) is 4.57 Å². The Morgan fingerprint density at radius 1 is 0.568 bits per heavy atom. The van der Waals surface area contributed by atoms with E-state index in [1.54, 1.807) is 8.47 Å². The summed E-state index contributed by atoms with van der Waals surface area (Å²) in [6, 6.07) is 17.9. The largest absolute Gasteiger partial charge is 0.346 e.